The van der Waals surface area contributed by atoms with Crippen molar-refractivity contribution in [1.82, 2.24) is 14.8 Å². The maximum Gasteiger partial charge on any atom is 0.228 e. The Morgan fingerprint density at radius 3 is 2.75 bits per heavy atom. The lowest BCUT2D eigenvalue weighted by Crippen LogP contribution is -2.14. The van der Waals surface area contributed by atoms with Crippen molar-refractivity contribution in [1.29, 1.82) is 0 Å². The number of rotatable bonds is 6. The zero-order valence-electron chi connectivity index (χ0n) is 16.0. The van der Waals surface area contributed by atoms with Gasteiger partial charge in [0, 0.05) is 25.2 Å². The van der Waals surface area contributed by atoms with Crippen LogP contribution in [0.5, 0.6) is 17.4 Å². The normalized spacial score (nSPS) is 17.8. The number of aromatic nitrogens is 3. The molecule has 1 amide bonds. The Hall–Kier alpha value is -3.35. The van der Waals surface area contributed by atoms with Gasteiger partial charge >= 0.3 is 0 Å². The number of nitrogens with one attached hydrogen (secondary N) is 1. The van der Waals surface area contributed by atoms with Crippen molar-refractivity contribution in [3.05, 3.63) is 60.0 Å². The molecule has 2 unspecified atom stereocenters. The van der Waals surface area contributed by atoms with Crippen LogP contribution in [-0.4, -0.2) is 27.8 Å². The van der Waals surface area contributed by atoms with E-state index in [0.717, 1.165) is 17.5 Å². The van der Waals surface area contributed by atoms with Crippen LogP contribution in [0.4, 0.5) is 5.69 Å². The highest BCUT2D eigenvalue weighted by Gasteiger charge is 2.44. The van der Waals surface area contributed by atoms with Crippen molar-refractivity contribution in [3.8, 4) is 17.4 Å². The molecule has 1 N–H and O–H groups in total. The topological polar surface area (TPSA) is 78.3 Å². The third-order valence-corrected chi connectivity index (χ3v) is 4.82. The molecule has 0 bridgehead atoms. The third kappa shape index (κ3) is 3.83. The summed E-state index contributed by atoms with van der Waals surface area (Å²) < 4.78 is 12.9. The Bertz CT molecular complexity index is 997. The molecule has 1 aromatic carbocycles. The van der Waals surface area contributed by atoms with Crippen molar-refractivity contribution in [2.75, 3.05) is 12.4 Å². The van der Waals surface area contributed by atoms with E-state index in [1.807, 2.05) is 44.6 Å². The van der Waals surface area contributed by atoms with Gasteiger partial charge in [-0.15, -0.1) is 0 Å². The van der Waals surface area contributed by atoms with Crippen LogP contribution in [0.25, 0.3) is 0 Å². The Morgan fingerprint density at radius 2 is 2.07 bits per heavy atom. The second-order valence-corrected chi connectivity index (χ2v) is 7.03. The zero-order valence-corrected chi connectivity index (χ0v) is 16.0. The van der Waals surface area contributed by atoms with E-state index in [9.17, 15) is 4.79 Å². The fourth-order valence-corrected chi connectivity index (χ4v) is 3.21. The summed E-state index contributed by atoms with van der Waals surface area (Å²) in [6.45, 7) is 1.99. The Balaban J connectivity index is 1.37. The van der Waals surface area contributed by atoms with E-state index in [2.05, 4.69) is 15.4 Å². The highest BCUT2D eigenvalue weighted by atomic mass is 16.5. The summed E-state index contributed by atoms with van der Waals surface area (Å²) in [7, 11) is 3.48. The molecule has 1 saturated carbocycles. The maximum atomic E-state index is 12.4. The van der Waals surface area contributed by atoms with Crippen LogP contribution in [0.1, 0.15) is 23.5 Å². The minimum absolute atomic E-state index is 0.00419. The van der Waals surface area contributed by atoms with Crippen LogP contribution in [0.15, 0.2) is 48.9 Å². The first-order valence-corrected chi connectivity index (χ1v) is 9.11. The van der Waals surface area contributed by atoms with Gasteiger partial charge in [-0.3, -0.25) is 9.48 Å². The lowest BCUT2D eigenvalue weighted by Gasteiger charge is -2.11. The predicted molar refractivity (Wildman–Crippen MR) is 105 cm³/mol. The van der Waals surface area contributed by atoms with Gasteiger partial charge in [-0.25, -0.2) is 4.98 Å². The summed E-state index contributed by atoms with van der Waals surface area (Å²) >= 11 is 0. The van der Waals surface area contributed by atoms with E-state index in [-0.39, 0.29) is 17.7 Å². The Morgan fingerprint density at radius 1 is 1.21 bits per heavy atom. The third-order valence-electron chi connectivity index (χ3n) is 4.82. The lowest BCUT2D eigenvalue weighted by atomic mass is 10.2. The number of methoxy groups -OCH3 is 1. The molecule has 144 valence electrons. The standard InChI is InChI=1S/C21H22N4O3/c1-13-4-6-18(19(8-13)27-3)28-20-7-5-15(11-22-20)24-21(26)17-9-16(17)14-10-23-25(2)12-14/h4-8,10-12,16-17H,9H2,1-3H3,(H,24,26). The van der Waals surface area contributed by atoms with E-state index >= 15 is 0 Å². The SMILES string of the molecule is COc1cc(C)ccc1Oc1ccc(NC(=O)C2CC2c2cnn(C)c2)cn1. The van der Waals surface area contributed by atoms with Gasteiger partial charge in [0.05, 0.1) is 25.2 Å². The average Bonchev–Trinajstić information content (AvgIpc) is 3.38. The molecule has 4 rings (SSSR count). The van der Waals surface area contributed by atoms with E-state index in [1.54, 1.807) is 30.1 Å². The smallest absolute Gasteiger partial charge is 0.228 e. The Labute approximate surface area is 163 Å². The first kappa shape index (κ1) is 18.0. The van der Waals surface area contributed by atoms with E-state index in [0.29, 0.717) is 23.1 Å². The summed E-state index contributed by atoms with van der Waals surface area (Å²) in [5.41, 5.74) is 2.83. The van der Waals surface area contributed by atoms with Crippen LogP contribution < -0.4 is 14.8 Å². The van der Waals surface area contributed by atoms with Gasteiger partial charge in [-0.1, -0.05) is 6.07 Å². The number of aryl methyl sites for hydroxylation is 2. The van der Waals surface area contributed by atoms with Gasteiger partial charge in [0.25, 0.3) is 0 Å². The number of hydrogen-bond donors (Lipinski definition) is 1. The highest BCUT2D eigenvalue weighted by molar-refractivity contribution is 5.95. The molecule has 0 spiro atoms. The molecule has 1 aliphatic rings. The molecule has 3 aromatic rings. The number of benzene rings is 1. The molecule has 1 fully saturated rings. The minimum atomic E-state index is -0.0167. The summed E-state index contributed by atoms with van der Waals surface area (Å²) in [6.07, 6.45) is 6.23. The van der Waals surface area contributed by atoms with Crippen molar-refractivity contribution < 1.29 is 14.3 Å². The fraction of sp³-hybridized carbons (Fsp3) is 0.286. The summed E-state index contributed by atoms with van der Waals surface area (Å²) in [4.78, 5) is 16.7. The molecule has 1 aliphatic carbocycles. The van der Waals surface area contributed by atoms with Gasteiger partial charge in [0.2, 0.25) is 11.8 Å². The molecule has 0 saturated heterocycles. The highest BCUT2D eigenvalue weighted by Crippen LogP contribution is 2.47. The largest absolute Gasteiger partial charge is 0.493 e. The molecule has 2 aromatic heterocycles. The number of hydrogen-bond acceptors (Lipinski definition) is 5. The van der Waals surface area contributed by atoms with Gasteiger partial charge < -0.3 is 14.8 Å². The van der Waals surface area contributed by atoms with Gasteiger partial charge in [0.15, 0.2) is 11.5 Å². The van der Waals surface area contributed by atoms with Gasteiger partial charge in [-0.2, -0.15) is 5.10 Å². The molecule has 0 aliphatic heterocycles. The van der Waals surface area contributed by atoms with Crippen molar-refractivity contribution in [3.63, 3.8) is 0 Å². The number of amides is 1. The molecule has 2 heterocycles. The molecule has 7 heteroatoms. The second-order valence-electron chi connectivity index (χ2n) is 7.03. The monoisotopic (exact) mass is 378 g/mol. The second kappa shape index (κ2) is 7.34. The maximum absolute atomic E-state index is 12.4. The quantitative estimate of drug-likeness (QED) is 0.708. The zero-order chi connectivity index (χ0) is 19.7. The fourth-order valence-electron chi connectivity index (χ4n) is 3.21. The van der Waals surface area contributed by atoms with E-state index < -0.39 is 0 Å². The van der Waals surface area contributed by atoms with Crippen LogP contribution >= 0.6 is 0 Å². The van der Waals surface area contributed by atoms with Gasteiger partial charge in [-0.05, 0) is 48.6 Å². The van der Waals surface area contributed by atoms with Crippen molar-refractivity contribution in [2.24, 2.45) is 13.0 Å². The summed E-state index contributed by atoms with van der Waals surface area (Å²) in [6, 6.07) is 9.19. The predicted octanol–water partition coefficient (Wildman–Crippen LogP) is 3.67. The number of nitrogens with zero attached hydrogens (tertiary/aromatic N) is 3. The van der Waals surface area contributed by atoms with Crippen LogP contribution in [0.2, 0.25) is 0 Å². The summed E-state index contributed by atoms with van der Waals surface area (Å²) in [5, 5.41) is 7.09. The average molecular weight is 378 g/mol. The Kier molecular flexibility index (Phi) is 4.73. The molecule has 2 atom stereocenters. The van der Waals surface area contributed by atoms with Gasteiger partial charge in [0.1, 0.15) is 0 Å². The van der Waals surface area contributed by atoms with E-state index in [4.69, 9.17) is 9.47 Å². The molecule has 0 radical (unpaired) electrons. The molecule has 7 nitrogen and oxygen atoms in total. The van der Waals surface area contributed by atoms with Crippen molar-refractivity contribution in [2.45, 2.75) is 19.3 Å². The number of carbonyl (C=O) groups is 1. The first-order valence-electron chi connectivity index (χ1n) is 9.11. The number of carbonyl (C=O) groups excluding carboxylic acids is 1. The van der Waals surface area contributed by atoms with E-state index in [1.165, 1.54) is 0 Å². The number of anilines is 1. The lowest BCUT2D eigenvalue weighted by molar-refractivity contribution is -0.117. The number of ether oxygens (including phenoxy) is 2. The molecular formula is C21H22N4O3. The number of pyridine rings is 1. The molecule has 28 heavy (non-hydrogen) atoms. The minimum Gasteiger partial charge on any atom is -0.493 e. The summed E-state index contributed by atoms with van der Waals surface area (Å²) in [5.74, 6) is 1.91. The van der Waals surface area contributed by atoms with Crippen LogP contribution in [0, 0.1) is 12.8 Å². The molecular weight excluding hydrogens is 356 g/mol. The van der Waals surface area contributed by atoms with Crippen LogP contribution in [0.3, 0.4) is 0 Å². The first-order chi connectivity index (χ1) is 13.5. The van der Waals surface area contributed by atoms with Crippen molar-refractivity contribution >= 4 is 11.6 Å². The van der Waals surface area contributed by atoms with Crippen LogP contribution in [-0.2, 0) is 11.8 Å².